The number of hydrogen-bond acceptors (Lipinski definition) is 3. The molecule has 65 valence electrons. The van der Waals surface area contributed by atoms with Crippen LogP contribution in [0.25, 0.3) is 11.0 Å². The average Bonchev–Trinajstić information content (AvgIpc) is 2.61. The van der Waals surface area contributed by atoms with Crippen LogP contribution in [0.5, 0.6) is 11.5 Å². The average molecular weight is 175 g/mol. The van der Waals surface area contributed by atoms with Crippen LogP contribution < -0.4 is 9.47 Å². The highest BCUT2D eigenvalue weighted by Gasteiger charge is 2.13. The second kappa shape index (κ2) is 2.39. The number of fused-ring (bicyclic) bond motifs is 2. The van der Waals surface area contributed by atoms with Gasteiger partial charge >= 0.3 is 0 Å². The van der Waals surface area contributed by atoms with Crippen molar-refractivity contribution in [2.45, 2.75) is 0 Å². The second-order valence-electron chi connectivity index (χ2n) is 2.86. The quantitative estimate of drug-likeness (QED) is 0.653. The van der Waals surface area contributed by atoms with Crippen molar-refractivity contribution >= 4 is 11.0 Å². The lowest BCUT2D eigenvalue weighted by Gasteiger charge is -2.17. The summed E-state index contributed by atoms with van der Waals surface area (Å²) in [6, 6.07) is 3.74. The molecule has 0 aliphatic carbocycles. The van der Waals surface area contributed by atoms with Crippen LogP contribution in [0, 0.1) is 6.33 Å². The Hall–Kier alpha value is -1.71. The minimum absolute atomic E-state index is 0.604. The molecule has 1 aromatic heterocycles. The third-order valence-corrected chi connectivity index (χ3v) is 2.03. The van der Waals surface area contributed by atoms with Crippen molar-refractivity contribution in [2.75, 3.05) is 13.2 Å². The molecule has 0 atom stereocenters. The molecule has 0 saturated heterocycles. The fraction of sp³-hybridized carbons (Fsp3) is 0.222. The van der Waals surface area contributed by atoms with E-state index in [1.807, 2.05) is 12.1 Å². The number of aromatic nitrogens is 2. The van der Waals surface area contributed by atoms with Gasteiger partial charge in [-0.05, 0) is 0 Å². The molecule has 13 heavy (non-hydrogen) atoms. The first-order valence-corrected chi connectivity index (χ1v) is 4.09. The van der Waals surface area contributed by atoms with Crippen LogP contribution in [0.4, 0.5) is 0 Å². The lowest BCUT2D eigenvalue weighted by molar-refractivity contribution is 0.172. The van der Waals surface area contributed by atoms with Crippen molar-refractivity contribution in [3.05, 3.63) is 18.5 Å². The van der Waals surface area contributed by atoms with E-state index in [-0.39, 0.29) is 0 Å². The number of hydrogen-bond donors (Lipinski definition) is 1. The van der Waals surface area contributed by atoms with Crippen LogP contribution in [0.3, 0.4) is 0 Å². The van der Waals surface area contributed by atoms with E-state index in [0.717, 1.165) is 22.5 Å². The summed E-state index contributed by atoms with van der Waals surface area (Å²) in [7, 11) is 0. The minimum Gasteiger partial charge on any atom is -0.486 e. The van der Waals surface area contributed by atoms with E-state index < -0.39 is 0 Å². The Morgan fingerprint density at radius 2 is 2.00 bits per heavy atom. The first kappa shape index (κ1) is 6.77. The van der Waals surface area contributed by atoms with E-state index in [1.165, 1.54) is 0 Å². The zero-order valence-corrected chi connectivity index (χ0v) is 6.83. The summed E-state index contributed by atoms with van der Waals surface area (Å²) in [4.78, 5) is 6.91. The predicted octanol–water partition coefficient (Wildman–Crippen LogP) is 1.13. The zero-order valence-electron chi connectivity index (χ0n) is 6.83. The van der Waals surface area contributed by atoms with Gasteiger partial charge in [0.15, 0.2) is 17.8 Å². The molecule has 1 N–H and O–H groups in total. The van der Waals surface area contributed by atoms with Crippen LogP contribution in [0.2, 0.25) is 0 Å². The number of aromatic amines is 1. The van der Waals surface area contributed by atoms with Crippen molar-refractivity contribution < 1.29 is 9.47 Å². The molecule has 3 rings (SSSR count). The van der Waals surface area contributed by atoms with Gasteiger partial charge in [-0.1, -0.05) is 0 Å². The number of H-pyrrole nitrogens is 1. The lowest BCUT2D eigenvalue weighted by atomic mass is 10.2. The number of ether oxygens (including phenoxy) is 2. The van der Waals surface area contributed by atoms with Gasteiger partial charge in [0.2, 0.25) is 0 Å². The van der Waals surface area contributed by atoms with E-state index in [0.29, 0.717) is 13.2 Å². The van der Waals surface area contributed by atoms with E-state index >= 15 is 0 Å². The highest BCUT2D eigenvalue weighted by atomic mass is 16.6. The molecule has 0 unspecified atom stereocenters. The molecule has 0 amide bonds. The number of nitrogens with one attached hydrogen (secondary N) is 1. The first-order chi connectivity index (χ1) is 6.43. The molecule has 2 aromatic rings. The van der Waals surface area contributed by atoms with Crippen LogP contribution in [0.15, 0.2) is 12.1 Å². The monoisotopic (exact) mass is 175 g/mol. The van der Waals surface area contributed by atoms with Gasteiger partial charge in [0.1, 0.15) is 13.2 Å². The van der Waals surface area contributed by atoms with Gasteiger partial charge in [0.05, 0.1) is 11.0 Å². The maximum atomic E-state index is 5.41. The van der Waals surface area contributed by atoms with Crippen molar-refractivity contribution in [2.24, 2.45) is 0 Å². The molecule has 2 heterocycles. The summed E-state index contributed by atoms with van der Waals surface area (Å²) in [5, 5.41) is 0. The van der Waals surface area contributed by atoms with Crippen molar-refractivity contribution in [1.82, 2.24) is 9.97 Å². The zero-order chi connectivity index (χ0) is 8.67. The molecule has 1 aliphatic rings. The summed E-state index contributed by atoms with van der Waals surface area (Å²) in [5.74, 6) is 1.54. The van der Waals surface area contributed by atoms with Gasteiger partial charge in [-0.25, -0.2) is 4.98 Å². The van der Waals surface area contributed by atoms with Crippen molar-refractivity contribution in [3.8, 4) is 11.5 Å². The molecular weight excluding hydrogens is 168 g/mol. The smallest absolute Gasteiger partial charge is 0.174 e. The Morgan fingerprint density at radius 3 is 2.85 bits per heavy atom. The largest absolute Gasteiger partial charge is 0.486 e. The molecule has 0 saturated carbocycles. The summed E-state index contributed by atoms with van der Waals surface area (Å²) < 4.78 is 10.8. The predicted molar refractivity (Wildman–Crippen MR) is 45.9 cm³/mol. The lowest BCUT2D eigenvalue weighted by Crippen LogP contribution is -2.15. The number of nitrogens with zero attached hydrogens (tertiary/aromatic N) is 1. The topological polar surface area (TPSA) is 47.1 Å². The Bertz CT molecular complexity index is 410. The Balaban J connectivity index is 2.28. The Kier molecular flexibility index (Phi) is 1.24. The third-order valence-electron chi connectivity index (χ3n) is 2.03. The fourth-order valence-corrected chi connectivity index (χ4v) is 1.42. The summed E-state index contributed by atoms with van der Waals surface area (Å²) in [5.41, 5.74) is 1.77. The molecule has 0 spiro atoms. The third kappa shape index (κ3) is 0.950. The molecule has 1 aromatic carbocycles. The van der Waals surface area contributed by atoms with Crippen LogP contribution >= 0.6 is 0 Å². The summed E-state index contributed by atoms with van der Waals surface area (Å²) >= 11 is 0. The molecule has 1 aliphatic heterocycles. The van der Waals surface area contributed by atoms with Crippen molar-refractivity contribution in [3.63, 3.8) is 0 Å². The highest BCUT2D eigenvalue weighted by Crippen LogP contribution is 2.32. The van der Waals surface area contributed by atoms with Gasteiger partial charge in [0, 0.05) is 12.1 Å². The van der Waals surface area contributed by atoms with Crippen molar-refractivity contribution in [1.29, 1.82) is 0 Å². The SMILES string of the molecule is [c]1nc2cc3c(cc2[nH]1)OCCO3. The second-order valence-corrected chi connectivity index (χ2v) is 2.86. The summed E-state index contributed by atoms with van der Waals surface area (Å²) in [6.45, 7) is 1.21. The normalized spacial score (nSPS) is 14.8. The molecule has 0 fully saturated rings. The van der Waals surface area contributed by atoms with Gasteiger partial charge in [0.25, 0.3) is 0 Å². The number of rotatable bonds is 0. The molecular formula is C9H7N2O2. The highest BCUT2D eigenvalue weighted by molar-refractivity contribution is 5.79. The van der Waals surface area contributed by atoms with Crippen LogP contribution in [-0.2, 0) is 0 Å². The van der Waals surface area contributed by atoms with Gasteiger partial charge in [-0.15, -0.1) is 0 Å². The maximum absolute atomic E-state index is 5.41. The Morgan fingerprint density at radius 1 is 1.23 bits per heavy atom. The summed E-state index contributed by atoms with van der Waals surface area (Å²) in [6.07, 6.45) is 2.67. The molecule has 1 radical (unpaired) electrons. The van der Waals surface area contributed by atoms with Crippen LogP contribution in [0.1, 0.15) is 0 Å². The fourth-order valence-electron chi connectivity index (χ4n) is 1.42. The van der Waals surface area contributed by atoms with E-state index in [1.54, 1.807) is 0 Å². The van der Waals surface area contributed by atoms with Gasteiger partial charge < -0.3 is 14.5 Å². The van der Waals surface area contributed by atoms with Crippen LogP contribution in [-0.4, -0.2) is 23.2 Å². The number of benzene rings is 1. The van der Waals surface area contributed by atoms with Gasteiger partial charge in [-0.3, -0.25) is 0 Å². The Labute approximate surface area is 74.5 Å². The standard InChI is InChI=1S/C9H7N2O2/c1-2-13-9-4-7-6(10-5-11-7)3-8(9)12-1/h3-4H,1-2H2,(H,10,11). The minimum atomic E-state index is 0.604. The van der Waals surface area contributed by atoms with E-state index in [2.05, 4.69) is 16.3 Å². The van der Waals surface area contributed by atoms with E-state index in [9.17, 15) is 0 Å². The molecule has 4 heteroatoms. The van der Waals surface area contributed by atoms with Gasteiger partial charge in [-0.2, -0.15) is 0 Å². The maximum Gasteiger partial charge on any atom is 0.174 e. The first-order valence-electron chi connectivity index (χ1n) is 4.09. The number of imidazole rings is 1. The molecule has 4 nitrogen and oxygen atoms in total. The van der Waals surface area contributed by atoms with E-state index in [4.69, 9.17) is 9.47 Å². The molecule has 0 bridgehead atoms.